The number of anilines is 1. The van der Waals surface area contributed by atoms with Crippen molar-refractivity contribution in [1.82, 2.24) is 20.2 Å². The summed E-state index contributed by atoms with van der Waals surface area (Å²) >= 11 is 0. The Balaban J connectivity index is 1.77. The number of nitrogens with zero attached hydrogens (tertiary/aromatic N) is 4. The Morgan fingerprint density at radius 3 is 2.50 bits per heavy atom. The number of aromatic nitrogens is 4. The summed E-state index contributed by atoms with van der Waals surface area (Å²) in [5.41, 5.74) is 2.98. The van der Waals surface area contributed by atoms with Crippen molar-refractivity contribution in [2.24, 2.45) is 5.92 Å². The van der Waals surface area contributed by atoms with E-state index < -0.39 is 0 Å². The number of tetrazole rings is 1. The molecular weight excluding hydrogens is 350 g/mol. The monoisotopic (exact) mass is 377 g/mol. The Kier molecular flexibility index (Phi) is 5.03. The van der Waals surface area contributed by atoms with Gasteiger partial charge in [0.2, 0.25) is 0 Å². The molecule has 0 radical (unpaired) electrons. The lowest BCUT2D eigenvalue weighted by molar-refractivity contribution is 0.215. The van der Waals surface area contributed by atoms with Gasteiger partial charge in [-0.15, -0.1) is 5.10 Å². The molecule has 1 aromatic heterocycles. The maximum Gasteiger partial charge on any atom is 0.182 e. The molecule has 2 aromatic carbocycles. The largest absolute Gasteiger partial charge is 0.497 e. The highest BCUT2D eigenvalue weighted by atomic mass is 16.5. The van der Waals surface area contributed by atoms with E-state index in [-0.39, 0.29) is 5.54 Å². The predicted octanol–water partition coefficient (Wildman–Crippen LogP) is 4.50. The number of benzene rings is 2. The quantitative estimate of drug-likeness (QED) is 0.709. The van der Waals surface area contributed by atoms with Crippen LogP contribution in [0.15, 0.2) is 48.5 Å². The lowest BCUT2D eigenvalue weighted by Gasteiger charge is -2.42. The van der Waals surface area contributed by atoms with Gasteiger partial charge in [-0.3, -0.25) is 0 Å². The van der Waals surface area contributed by atoms with Crippen LogP contribution in [0.1, 0.15) is 44.0 Å². The summed E-state index contributed by atoms with van der Waals surface area (Å²) in [6.07, 6.45) is 4.54. The number of hydrogen-bond donors (Lipinski definition) is 1. The van der Waals surface area contributed by atoms with Crippen LogP contribution >= 0.6 is 0 Å². The summed E-state index contributed by atoms with van der Waals surface area (Å²) in [5.74, 6) is 2.09. The van der Waals surface area contributed by atoms with Crippen LogP contribution in [0.5, 0.6) is 5.75 Å². The first-order chi connectivity index (χ1) is 13.6. The van der Waals surface area contributed by atoms with Crippen LogP contribution < -0.4 is 10.1 Å². The van der Waals surface area contributed by atoms with E-state index in [4.69, 9.17) is 4.74 Å². The Hall–Kier alpha value is -2.89. The van der Waals surface area contributed by atoms with Crippen molar-refractivity contribution in [3.05, 3.63) is 59.9 Å². The van der Waals surface area contributed by atoms with E-state index in [9.17, 15) is 0 Å². The molecule has 6 heteroatoms. The Bertz CT molecular complexity index is 919. The van der Waals surface area contributed by atoms with Crippen LogP contribution in [-0.4, -0.2) is 27.3 Å². The zero-order valence-electron chi connectivity index (χ0n) is 16.7. The van der Waals surface area contributed by atoms with Crippen LogP contribution in [0.2, 0.25) is 0 Å². The zero-order valence-corrected chi connectivity index (χ0v) is 16.7. The van der Waals surface area contributed by atoms with Gasteiger partial charge in [0.15, 0.2) is 5.82 Å². The zero-order chi connectivity index (χ0) is 19.6. The molecule has 4 rings (SSSR count). The summed E-state index contributed by atoms with van der Waals surface area (Å²) < 4.78 is 7.15. The maximum absolute atomic E-state index is 5.29. The molecule has 146 valence electrons. The molecule has 2 atom stereocenters. The van der Waals surface area contributed by atoms with E-state index in [1.165, 1.54) is 12.0 Å². The minimum Gasteiger partial charge on any atom is -0.497 e. The summed E-state index contributed by atoms with van der Waals surface area (Å²) in [6.45, 7) is 4.40. The molecule has 0 bridgehead atoms. The molecule has 3 aromatic rings. The van der Waals surface area contributed by atoms with Crippen LogP contribution in [0, 0.1) is 12.8 Å². The van der Waals surface area contributed by atoms with E-state index in [0.717, 1.165) is 42.2 Å². The van der Waals surface area contributed by atoms with Crippen LogP contribution in [0.4, 0.5) is 5.69 Å². The van der Waals surface area contributed by atoms with Crippen molar-refractivity contribution >= 4 is 5.69 Å². The summed E-state index contributed by atoms with van der Waals surface area (Å²) in [5, 5.41) is 16.7. The maximum atomic E-state index is 5.29. The Labute approximate surface area is 165 Å². The average molecular weight is 377 g/mol. The molecule has 0 spiro atoms. The van der Waals surface area contributed by atoms with E-state index in [2.05, 4.69) is 59.0 Å². The van der Waals surface area contributed by atoms with Gasteiger partial charge in [-0.1, -0.05) is 37.5 Å². The van der Waals surface area contributed by atoms with Gasteiger partial charge >= 0.3 is 0 Å². The highest BCUT2D eigenvalue weighted by molar-refractivity contribution is 5.49. The molecule has 1 fully saturated rings. The predicted molar refractivity (Wildman–Crippen MR) is 110 cm³/mol. The molecule has 0 amide bonds. The summed E-state index contributed by atoms with van der Waals surface area (Å²) in [4.78, 5) is 0. The van der Waals surface area contributed by atoms with Crippen molar-refractivity contribution in [1.29, 1.82) is 0 Å². The van der Waals surface area contributed by atoms with E-state index in [1.807, 2.05) is 28.9 Å². The third kappa shape index (κ3) is 3.35. The van der Waals surface area contributed by atoms with Gasteiger partial charge in [0.1, 0.15) is 11.3 Å². The summed E-state index contributed by atoms with van der Waals surface area (Å²) in [7, 11) is 1.67. The second kappa shape index (κ2) is 7.62. The molecule has 28 heavy (non-hydrogen) atoms. The third-order valence-corrected chi connectivity index (χ3v) is 5.90. The molecule has 0 saturated heterocycles. The van der Waals surface area contributed by atoms with Crippen molar-refractivity contribution in [2.45, 2.75) is 45.1 Å². The van der Waals surface area contributed by atoms with Gasteiger partial charge in [-0.25, -0.2) is 0 Å². The minimum absolute atomic E-state index is 0.309. The lowest BCUT2D eigenvalue weighted by atomic mass is 9.72. The highest BCUT2D eigenvalue weighted by Gasteiger charge is 2.44. The third-order valence-electron chi connectivity index (χ3n) is 5.90. The van der Waals surface area contributed by atoms with Gasteiger partial charge in [-0.2, -0.15) is 4.68 Å². The van der Waals surface area contributed by atoms with Crippen LogP contribution in [-0.2, 0) is 5.54 Å². The molecular formula is C22H27N5O. The van der Waals surface area contributed by atoms with Crippen LogP contribution in [0.25, 0.3) is 5.69 Å². The number of aryl methyl sites for hydroxylation is 1. The number of hydrogen-bond acceptors (Lipinski definition) is 5. The van der Waals surface area contributed by atoms with Crippen molar-refractivity contribution in [3.8, 4) is 11.4 Å². The molecule has 6 nitrogen and oxygen atoms in total. The standard InChI is InChI=1S/C22H27N5O/c1-16-7-9-18(10-8-16)23-22(15-5-4-6-17(22)2)21-24-25-26-27(21)19-11-13-20(28-3)14-12-19/h7-14,17,23H,4-6,15H2,1-3H3/t17-,22-/m0/s1. The lowest BCUT2D eigenvalue weighted by Crippen LogP contribution is -2.46. The number of methoxy groups -OCH3 is 1. The van der Waals surface area contributed by atoms with Crippen molar-refractivity contribution in [3.63, 3.8) is 0 Å². The molecule has 1 N–H and O–H groups in total. The SMILES string of the molecule is COc1ccc(-n2nnnc2[C@]2(Nc3ccc(C)cc3)CCCC[C@@H]2C)cc1. The first-order valence-electron chi connectivity index (χ1n) is 9.90. The Morgan fingerprint density at radius 1 is 1.07 bits per heavy atom. The average Bonchev–Trinajstić information content (AvgIpc) is 3.22. The molecule has 1 saturated carbocycles. The minimum atomic E-state index is -0.309. The first-order valence-corrected chi connectivity index (χ1v) is 9.90. The molecule has 1 heterocycles. The van der Waals surface area contributed by atoms with Gasteiger partial charge in [-0.05, 0) is 72.5 Å². The topological polar surface area (TPSA) is 64.9 Å². The molecule has 1 aliphatic carbocycles. The molecule has 1 aliphatic rings. The van der Waals surface area contributed by atoms with Crippen molar-refractivity contribution < 1.29 is 4.74 Å². The van der Waals surface area contributed by atoms with Gasteiger partial charge in [0.25, 0.3) is 0 Å². The van der Waals surface area contributed by atoms with Crippen LogP contribution in [0.3, 0.4) is 0 Å². The number of ether oxygens (including phenoxy) is 1. The normalized spacial score (nSPS) is 22.0. The second-order valence-corrected chi connectivity index (χ2v) is 7.72. The van der Waals surface area contributed by atoms with Gasteiger partial charge in [0, 0.05) is 5.69 Å². The fourth-order valence-electron chi connectivity index (χ4n) is 4.18. The van der Waals surface area contributed by atoms with Crippen molar-refractivity contribution in [2.75, 3.05) is 12.4 Å². The highest BCUT2D eigenvalue weighted by Crippen LogP contribution is 2.43. The van der Waals surface area contributed by atoms with E-state index >= 15 is 0 Å². The summed E-state index contributed by atoms with van der Waals surface area (Å²) in [6, 6.07) is 16.4. The molecule has 0 aliphatic heterocycles. The first kappa shape index (κ1) is 18.5. The van der Waals surface area contributed by atoms with E-state index in [0.29, 0.717) is 5.92 Å². The smallest absolute Gasteiger partial charge is 0.182 e. The van der Waals surface area contributed by atoms with Gasteiger partial charge in [0.05, 0.1) is 12.8 Å². The number of rotatable bonds is 5. The molecule has 0 unspecified atom stereocenters. The second-order valence-electron chi connectivity index (χ2n) is 7.72. The Morgan fingerprint density at radius 2 is 1.82 bits per heavy atom. The fourth-order valence-corrected chi connectivity index (χ4v) is 4.18. The van der Waals surface area contributed by atoms with Gasteiger partial charge < -0.3 is 10.1 Å². The fraction of sp³-hybridized carbons (Fsp3) is 0.409. The van der Waals surface area contributed by atoms with E-state index in [1.54, 1.807) is 7.11 Å². The number of nitrogens with one attached hydrogen (secondary N) is 1.